The van der Waals surface area contributed by atoms with Crippen LogP contribution in [0.15, 0.2) is 48.0 Å². The number of hydrogen-bond donors (Lipinski definition) is 1. The molecule has 33 heavy (non-hydrogen) atoms. The maximum atomic E-state index is 13.1. The zero-order valence-electron chi connectivity index (χ0n) is 19.0. The number of likely N-dealkylation sites (tertiary alicyclic amines) is 1. The molecule has 0 saturated carbocycles. The lowest BCUT2D eigenvalue weighted by Crippen LogP contribution is -2.32. The van der Waals surface area contributed by atoms with E-state index in [1.165, 1.54) is 4.90 Å². The predicted molar refractivity (Wildman–Crippen MR) is 123 cm³/mol. The van der Waals surface area contributed by atoms with Gasteiger partial charge < -0.3 is 29.1 Å². The minimum absolute atomic E-state index is 0.0618. The molecule has 2 aliphatic heterocycles. The number of hydrogen-bond acceptors (Lipinski definition) is 7. The first-order valence-corrected chi connectivity index (χ1v) is 10.9. The first-order chi connectivity index (χ1) is 15.9. The van der Waals surface area contributed by atoms with E-state index in [9.17, 15) is 14.7 Å². The molecule has 2 aromatic carbocycles. The van der Waals surface area contributed by atoms with E-state index in [1.54, 1.807) is 37.4 Å². The highest BCUT2D eigenvalue weighted by atomic mass is 16.6. The minimum atomic E-state index is -0.703. The number of carbonyl (C=O) groups is 2. The second kappa shape index (κ2) is 9.54. The first kappa shape index (κ1) is 22.7. The zero-order chi connectivity index (χ0) is 23.5. The highest BCUT2D eigenvalue weighted by molar-refractivity contribution is 6.46. The molecule has 0 aromatic heterocycles. The van der Waals surface area contributed by atoms with Gasteiger partial charge in [0, 0.05) is 12.1 Å². The molecule has 8 heteroatoms. The topological polar surface area (TPSA) is 88.5 Å². The number of benzene rings is 2. The van der Waals surface area contributed by atoms with Crippen LogP contribution < -0.4 is 14.2 Å². The Morgan fingerprint density at radius 1 is 1.09 bits per heavy atom. The van der Waals surface area contributed by atoms with E-state index in [-0.39, 0.29) is 11.3 Å². The number of aliphatic hydroxyl groups is 1. The number of ketones is 1. The third kappa shape index (κ3) is 4.52. The number of amides is 1. The van der Waals surface area contributed by atoms with Crippen LogP contribution in [0.1, 0.15) is 23.6 Å². The number of fused-ring (bicyclic) bond motifs is 1. The van der Waals surface area contributed by atoms with Crippen molar-refractivity contribution >= 4 is 17.4 Å². The molecule has 8 nitrogen and oxygen atoms in total. The fraction of sp³-hybridized carbons (Fsp3) is 0.360. The van der Waals surface area contributed by atoms with Crippen molar-refractivity contribution in [2.45, 2.75) is 12.5 Å². The maximum Gasteiger partial charge on any atom is 0.295 e. The SMILES string of the molecule is COc1ccc([C@@H]2C(=C(O)c3ccc4c(c3)OCCO4)C(=O)C(=O)N2CCCN(C)C)cc1. The zero-order valence-corrected chi connectivity index (χ0v) is 19.0. The van der Waals surface area contributed by atoms with Crippen molar-refractivity contribution in [3.63, 3.8) is 0 Å². The Hall–Kier alpha value is -3.52. The summed E-state index contributed by atoms with van der Waals surface area (Å²) in [5.41, 5.74) is 1.18. The molecule has 0 unspecified atom stereocenters. The Morgan fingerprint density at radius 3 is 2.45 bits per heavy atom. The summed E-state index contributed by atoms with van der Waals surface area (Å²) in [5, 5.41) is 11.2. The molecule has 0 bridgehead atoms. The van der Waals surface area contributed by atoms with E-state index in [4.69, 9.17) is 14.2 Å². The van der Waals surface area contributed by atoms with Crippen LogP contribution in [0.5, 0.6) is 17.2 Å². The monoisotopic (exact) mass is 452 g/mol. The number of rotatable bonds is 7. The fourth-order valence-electron chi connectivity index (χ4n) is 4.15. The Labute approximate surface area is 193 Å². The summed E-state index contributed by atoms with van der Waals surface area (Å²) in [4.78, 5) is 29.7. The van der Waals surface area contributed by atoms with Gasteiger partial charge in [-0.15, -0.1) is 0 Å². The van der Waals surface area contributed by atoms with Gasteiger partial charge in [0.1, 0.15) is 24.7 Å². The van der Waals surface area contributed by atoms with Gasteiger partial charge in [-0.25, -0.2) is 0 Å². The molecule has 0 aliphatic carbocycles. The molecule has 2 heterocycles. The van der Waals surface area contributed by atoms with Crippen LogP contribution in [0, 0.1) is 0 Å². The standard InChI is InChI=1S/C25H28N2O6/c1-26(2)11-4-12-27-22(16-5-8-18(31-3)9-6-16)21(24(29)25(27)30)23(28)17-7-10-19-20(15-17)33-14-13-32-19/h5-10,15,22,28H,4,11-14H2,1-3H3/t22-/m1/s1. The van der Waals surface area contributed by atoms with Crippen molar-refractivity contribution in [3.05, 3.63) is 59.2 Å². The van der Waals surface area contributed by atoms with Crippen LogP contribution in [0.25, 0.3) is 5.76 Å². The summed E-state index contributed by atoms with van der Waals surface area (Å²) in [6.45, 7) is 2.01. The van der Waals surface area contributed by atoms with Gasteiger partial charge in [0.2, 0.25) is 0 Å². The molecule has 1 atom stereocenters. The summed E-state index contributed by atoms with van der Waals surface area (Å²) in [7, 11) is 5.48. The van der Waals surface area contributed by atoms with E-state index in [1.807, 2.05) is 31.1 Å². The van der Waals surface area contributed by atoms with Gasteiger partial charge in [-0.05, 0) is 63.0 Å². The third-order valence-electron chi connectivity index (χ3n) is 5.79. The van der Waals surface area contributed by atoms with E-state index in [0.29, 0.717) is 49.0 Å². The minimum Gasteiger partial charge on any atom is -0.507 e. The van der Waals surface area contributed by atoms with Crippen LogP contribution >= 0.6 is 0 Å². The van der Waals surface area contributed by atoms with Crippen LogP contribution in [0.3, 0.4) is 0 Å². The lowest BCUT2D eigenvalue weighted by atomic mass is 9.95. The Kier molecular flexibility index (Phi) is 6.55. The number of Topliss-reactive ketones (excluding diaryl/α,β-unsaturated/α-hetero) is 1. The summed E-state index contributed by atoms with van der Waals surface area (Å²) >= 11 is 0. The van der Waals surface area contributed by atoms with Crippen LogP contribution in [0.2, 0.25) is 0 Å². The van der Waals surface area contributed by atoms with Crippen molar-refractivity contribution in [2.24, 2.45) is 0 Å². The number of nitrogens with zero attached hydrogens (tertiary/aromatic N) is 2. The molecule has 4 rings (SSSR count). The molecule has 0 radical (unpaired) electrons. The van der Waals surface area contributed by atoms with Crippen LogP contribution in [-0.2, 0) is 9.59 Å². The lowest BCUT2D eigenvalue weighted by molar-refractivity contribution is -0.139. The fourth-order valence-corrected chi connectivity index (χ4v) is 4.15. The summed E-state index contributed by atoms with van der Waals surface area (Å²) in [6.07, 6.45) is 0.691. The normalized spacial score (nSPS) is 19.3. The first-order valence-electron chi connectivity index (χ1n) is 10.9. The van der Waals surface area contributed by atoms with Crippen molar-refractivity contribution in [2.75, 3.05) is 47.5 Å². The Bertz CT molecular complexity index is 1080. The summed E-state index contributed by atoms with van der Waals surface area (Å²) in [6, 6.07) is 11.5. The molecule has 1 saturated heterocycles. The molecule has 1 N–H and O–H groups in total. The second-order valence-corrected chi connectivity index (χ2v) is 8.28. The second-order valence-electron chi connectivity index (χ2n) is 8.28. The van der Waals surface area contributed by atoms with Crippen LogP contribution in [-0.4, -0.2) is 74.1 Å². The number of ether oxygens (including phenoxy) is 3. The molecule has 0 spiro atoms. The molecule has 2 aromatic rings. The molecular formula is C25H28N2O6. The van der Waals surface area contributed by atoms with E-state index in [2.05, 4.69) is 0 Å². The van der Waals surface area contributed by atoms with Crippen molar-refractivity contribution in [3.8, 4) is 17.2 Å². The molecule has 1 amide bonds. The van der Waals surface area contributed by atoms with Gasteiger partial charge in [0.25, 0.3) is 11.7 Å². The third-order valence-corrected chi connectivity index (χ3v) is 5.79. The molecule has 174 valence electrons. The smallest absolute Gasteiger partial charge is 0.295 e. The van der Waals surface area contributed by atoms with Gasteiger partial charge in [0.05, 0.1) is 18.7 Å². The lowest BCUT2D eigenvalue weighted by Gasteiger charge is -2.26. The quantitative estimate of drug-likeness (QED) is 0.393. The summed E-state index contributed by atoms with van der Waals surface area (Å²) in [5.74, 6) is 0.179. The highest BCUT2D eigenvalue weighted by Crippen LogP contribution is 2.41. The Balaban J connectivity index is 1.77. The van der Waals surface area contributed by atoms with Gasteiger partial charge in [0.15, 0.2) is 11.5 Å². The average Bonchev–Trinajstić information content (AvgIpc) is 3.08. The molecule has 2 aliphatic rings. The van der Waals surface area contributed by atoms with Gasteiger partial charge >= 0.3 is 0 Å². The van der Waals surface area contributed by atoms with E-state index >= 15 is 0 Å². The van der Waals surface area contributed by atoms with Crippen molar-refractivity contribution in [1.82, 2.24) is 9.80 Å². The number of methoxy groups -OCH3 is 1. The largest absolute Gasteiger partial charge is 0.507 e. The number of carbonyl (C=O) groups excluding carboxylic acids is 2. The summed E-state index contributed by atoms with van der Waals surface area (Å²) < 4.78 is 16.4. The Morgan fingerprint density at radius 2 is 1.79 bits per heavy atom. The predicted octanol–water partition coefficient (Wildman–Crippen LogP) is 2.84. The maximum absolute atomic E-state index is 13.1. The highest BCUT2D eigenvalue weighted by Gasteiger charge is 2.45. The van der Waals surface area contributed by atoms with Gasteiger partial charge in [-0.2, -0.15) is 0 Å². The van der Waals surface area contributed by atoms with E-state index in [0.717, 1.165) is 12.1 Å². The molecule has 1 fully saturated rings. The number of aliphatic hydroxyl groups excluding tert-OH is 1. The van der Waals surface area contributed by atoms with Crippen molar-refractivity contribution < 1.29 is 28.9 Å². The average molecular weight is 453 g/mol. The van der Waals surface area contributed by atoms with Gasteiger partial charge in [-0.3, -0.25) is 9.59 Å². The van der Waals surface area contributed by atoms with Crippen LogP contribution in [0.4, 0.5) is 0 Å². The van der Waals surface area contributed by atoms with Gasteiger partial charge in [-0.1, -0.05) is 12.1 Å². The van der Waals surface area contributed by atoms with Crippen molar-refractivity contribution in [1.29, 1.82) is 0 Å². The molecular weight excluding hydrogens is 424 g/mol. The van der Waals surface area contributed by atoms with E-state index < -0.39 is 17.7 Å².